The first-order valence-electron chi connectivity index (χ1n) is 9.18. The second-order valence-electron chi connectivity index (χ2n) is 7.06. The molecular formula is C21H23N3O2S. The van der Waals surface area contributed by atoms with Crippen LogP contribution in [0.1, 0.15) is 11.8 Å². The van der Waals surface area contributed by atoms with Crippen LogP contribution in [-0.4, -0.2) is 46.5 Å². The topological polar surface area (TPSA) is 45.6 Å². The van der Waals surface area contributed by atoms with E-state index in [-0.39, 0.29) is 11.5 Å². The Morgan fingerprint density at radius 3 is 2.48 bits per heavy atom. The summed E-state index contributed by atoms with van der Waals surface area (Å²) in [5, 5.41) is 0.793. The Balaban J connectivity index is 1.65. The summed E-state index contributed by atoms with van der Waals surface area (Å²) >= 11 is 1.71. The predicted molar refractivity (Wildman–Crippen MR) is 110 cm³/mol. The molecule has 0 spiro atoms. The Bertz CT molecular complexity index is 1030. The molecule has 4 rings (SSSR count). The average molecular weight is 382 g/mol. The van der Waals surface area contributed by atoms with Crippen LogP contribution in [0.4, 0.5) is 0 Å². The number of hydrogen-bond acceptors (Lipinski definition) is 4. The number of aryl methyl sites for hydroxylation is 1. The van der Waals surface area contributed by atoms with Crippen LogP contribution >= 0.6 is 11.3 Å². The van der Waals surface area contributed by atoms with E-state index in [0.29, 0.717) is 0 Å². The Kier molecular flexibility index (Phi) is 4.85. The summed E-state index contributed by atoms with van der Waals surface area (Å²) in [6.45, 7) is 5.74. The molecule has 0 radical (unpaired) electrons. The Labute approximate surface area is 162 Å². The molecule has 1 aliphatic heterocycles. The van der Waals surface area contributed by atoms with E-state index < -0.39 is 0 Å². The normalized spacial score (nSPS) is 15.4. The fourth-order valence-corrected chi connectivity index (χ4v) is 4.87. The maximum atomic E-state index is 12.6. The molecule has 3 aromatic rings. The number of aromatic nitrogens is 1. The smallest absolute Gasteiger partial charge is 0.259 e. The van der Waals surface area contributed by atoms with Gasteiger partial charge in [-0.05, 0) is 11.6 Å². The largest absolute Gasteiger partial charge is 0.340 e. The third-order valence-electron chi connectivity index (χ3n) is 5.18. The maximum Gasteiger partial charge on any atom is 0.259 e. The lowest BCUT2D eigenvalue weighted by Crippen LogP contribution is -2.47. The standard InChI is InChI=1S/C21H23N3O2S/c1-15(25)24-10-8-23(9-11-24)13-17-12-18-20(27-17)19(14-22(2)21(18)26)16-6-4-3-5-7-16/h3-7,12,14H,8-11,13H2,1-2H3. The van der Waals surface area contributed by atoms with Crippen LogP contribution in [0.2, 0.25) is 0 Å². The SMILES string of the molecule is CC(=O)N1CCN(Cc2cc3c(=O)n(C)cc(-c4ccccc4)c3s2)CC1. The molecule has 6 heteroatoms. The molecule has 0 atom stereocenters. The van der Waals surface area contributed by atoms with Crippen molar-refractivity contribution in [1.82, 2.24) is 14.4 Å². The van der Waals surface area contributed by atoms with Crippen LogP contribution in [0.25, 0.3) is 21.2 Å². The minimum absolute atomic E-state index is 0.0496. The van der Waals surface area contributed by atoms with E-state index >= 15 is 0 Å². The van der Waals surface area contributed by atoms with Crippen molar-refractivity contribution in [3.8, 4) is 11.1 Å². The van der Waals surface area contributed by atoms with Crippen molar-refractivity contribution in [2.45, 2.75) is 13.5 Å². The summed E-state index contributed by atoms with van der Waals surface area (Å²) in [5.74, 6) is 0.146. The zero-order valence-corrected chi connectivity index (χ0v) is 16.5. The summed E-state index contributed by atoms with van der Waals surface area (Å²) in [4.78, 5) is 29.6. The Morgan fingerprint density at radius 1 is 1.11 bits per heavy atom. The van der Waals surface area contributed by atoms with Crippen LogP contribution < -0.4 is 5.56 Å². The molecule has 1 aliphatic rings. The zero-order valence-electron chi connectivity index (χ0n) is 15.6. The molecule has 27 heavy (non-hydrogen) atoms. The number of amides is 1. The van der Waals surface area contributed by atoms with Gasteiger partial charge in [-0.1, -0.05) is 30.3 Å². The third kappa shape index (κ3) is 3.55. The van der Waals surface area contributed by atoms with E-state index in [0.717, 1.165) is 53.9 Å². The molecule has 0 aliphatic carbocycles. The van der Waals surface area contributed by atoms with Gasteiger partial charge in [-0.25, -0.2) is 0 Å². The molecule has 1 amide bonds. The minimum atomic E-state index is 0.0496. The number of pyridine rings is 1. The van der Waals surface area contributed by atoms with Gasteiger partial charge in [-0.2, -0.15) is 0 Å². The Morgan fingerprint density at radius 2 is 1.81 bits per heavy atom. The van der Waals surface area contributed by atoms with Crippen molar-refractivity contribution in [3.63, 3.8) is 0 Å². The number of rotatable bonds is 3. The van der Waals surface area contributed by atoms with E-state index in [4.69, 9.17) is 0 Å². The van der Waals surface area contributed by atoms with Gasteiger partial charge in [0.15, 0.2) is 0 Å². The average Bonchev–Trinajstić information content (AvgIpc) is 3.10. The highest BCUT2D eigenvalue weighted by Crippen LogP contribution is 2.33. The van der Waals surface area contributed by atoms with Gasteiger partial charge in [0.05, 0.1) is 5.39 Å². The van der Waals surface area contributed by atoms with Crippen molar-refractivity contribution in [1.29, 1.82) is 0 Å². The first kappa shape index (κ1) is 17.9. The summed E-state index contributed by atoms with van der Waals surface area (Å²) in [7, 11) is 1.81. The van der Waals surface area contributed by atoms with Crippen molar-refractivity contribution in [3.05, 3.63) is 57.8 Å². The van der Waals surface area contributed by atoms with Gasteiger partial charge in [0, 0.05) is 68.0 Å². The number of hydrogen-bond donors (Lipinski definition) is 0. The summed E-state index contributed by atoms with van der Waals surface area (Å²) in [5.41, 5.74) is 2.28. The zero-order chi connectivity index (χ0) is 19.0. The van der Waals surface area contributed by atoms with Crippen molar-refractivity contribution in [2.24, 2.45) is 7.05 Å². The van der Waals surface area contributed by atoms with Crippen molar-refractivity contribution >= 4 is 27.3 Å². The van der Waals surface area contributed by atoms with Crippen LogP contribution in [0.15, 0.2) is 47.4 Å². The molecule has 140 valence electrons. The lowest BCUT2D eigenvalue weighted by Gasteiger charge is -2.33. The van der Waals surface area contributed by atoms with Gasteiger partial charge in [0.25, 0.3) is 5.56 Å². The quantitative estimate of drug-likeness (QED) is 0.701. The molecule has 1 fully saturated rings. The molecule has 0 bridgehead atoms. The summed E-state index contributed by atoms with van der Waals surface area (Å²) in [6.07, 6.45) is 1.94. The number of thiophene rings is 1. The van der Waals surface area contributed by atoms with Gasteiger partial charge in [-0.3, -0.25) is 14.5 Å². The highest BCUT2D eigenvalue weighted by Gasteiger charge is 2.20. The van der Waals surface area contributed by atoms with E-state index in [1.54, 1.807) is 22.8 Å². The number of carbonyl (C=O) groups excluding carboxylic acids is 1. The van der Waals surface area contributed by atoms with Crippen molar-refractivity contribution in [2.75, 3.05) is 26.2 Å². The van der Waals surface area contributed by atoms with E-state index in [1.165, 1.54) is 4.88 Å². The van der Waals surface area contributed by atoms with Gasteiger partial charge in [0.1, 0.15) is 0 Å². The van der Waals surface area contributed by atoms with Gasteiger partial charge in [-0.15, -0.1) is 11.3 Å². The second kappa shape index (κ2) is 7.29. The number of carbonyl (C=O) groups is 1. The number of nitrogens with zero attached hydrogens (tertiary/aromatic N) is 3. The van der Waals surface area contributed by atoms with E-state index in [1.807, 2.05) is 42.4 Å². The molecule has 0 saturated carbocycles. The minimum Gasteiger partial charge on any atom is -0.340 e. The summed E-state index contributed by atoms with van der Waals surface area (Å²) < 4.78 is 2.73. The fourth-order valence-electron chi connectivity index (χ4n) is 3.64. The molecule has 3 heterocycles. The molecule has 0 N–H and O–H groups in total. The first-order chi connectivity index (χ1) is 13.0. The Hall–Kier alpha value is -2.44. The molecular weight excluding hydrogens is 358 g/mol. The monoisotopic (exact) mass is 381 g/mol. The number of piperazine rings is 1. The van der Waals surface area contributed by atoms with E-state index in [9.17, 15) is 9.59 Å². The maximum absolute atomic E-state index is 12.6. The van der Waals surface area contributed by atoms with Crippen molar-refractivity contribution < 1.29 is 4.79 Å². The van der Waals surface area contributed by atoms with Crippen LogP contribution in [0, 0.1) is 0 Å². The van der Waals surface area contributed by atoms with Crippen LogP contribution in [0.5, 0.6) is 0 Å². The predicted octanol–water partition coefficient (Wildman–Crippen LogP) is 2.93. The van der Waals surface area contributed by atoms with Crippen LogP contribution in [-0.2, 0) is 18.4 Å². The number of fused-ring (bicyclic) bond motifs is 1. The molecule has 1 saturated heterocycles. The first-order valence-corrected chi connectivity index (χ1v) is 10.00. The second-order valence-corrected chi connectivity index (χ2v) is 8.20. The highest BCUT2D eigenvalue weighted by molar-refractivity contribution is 7.19. The molecule has 1 aromatic carbocycles. The molecule has 0 unspecified atom stereocenters. The van der Waals surface area contributed by atoms with Gasteiger partial charge < -0.3 is 9.47 Å². The highest BCUT2D eigenvalue weighted by atomic mass is 32.1. The molecule has 5 nitrogen and oxygen atoms in total. The lowest BCUT2D eigenvalue weighted by atomic mass is 10.1. The summed E-state index contributed by atoms with van der Waals surface area (Å²) in [6, 6.07) is 12.3. The van der Waals surface area contributed by atoms with Gasteiger partial charge in [0.2, 0.25) is 5.91 Å². The number of benzene rings is 1. The third-order valence-corrected chi connectivity index (χ3v) is 6.34. The lowest BCUT2D eigenvalue weighted by molar-refractivity contribution is -0.130. The van der Waals surface area contributed by atoms with Crippen LogP contribution in [0.3, 0.4) is 0 Å². The van der Waals surface area contributed by atoms with E-state index in [2.05, 4.69) is 17.0 Å². The molecule has 2 aromatic heterocycles. The fraction of sp³-hybridized carbons (Fsp3) is 0.333. The van der Waals surface area contributed by atoms with Gasteiger partial charge >= 0.3 is 0 Å².